The number of rotatable bonds is 6. The lowest BCUT2D eigenvalue weighted by atomic mass is 10.1. The molecule has 0 heterocycles. The van der Waals surface area contributed by atoms with Crippen molar-refractivity contribution in [3.63, 3.8) is 0 Å². The van der Waals surface area contributed by atoms with Gasteiger partial charge in [-0.1, -0.05) is 30.3 Å². The summed E-state index contributed by atoms with van der Waals surface area (Å²) in [6, 6.07) is 17.1. The van der Waals surface area contributed by atoms with Crippen molar-refractivity contribution >= 4 is 5.69 Å². The number of nitrogens with zero attached hydrogens (tertiary/aromatic N) is 1. The standard InChI is InChI=1S/C18H24N2O/c1-14(15-9-11-17(12-10-15)20(2)3)19-13-16-7-5-6-8-18(16)21-4/h5-12,14,19H,13H2,1-4H3. The normalized spacial score (nSPS) is 12.0. The van der Waals surface area contributed by atoms with Gasteiger partial charge >= 0.3 is 0 Å². The molecule has 3 nitrogen and oxygen atoms in total. The number of nitrogens with one attached hydrogen (secondary N) is 1. The smallest absolute Gasteiger partial charge is 0.123 e. The van der Waals surface area contributed by atoms with Gasteiger partial charge in [-0.3, -0.25) is 0 Å². The van der Waals surface area contributed by atoms with Crippen LogP contribution in [0, 0.1) is 0 Å². The SMILES string of the molecule is COc1ccccc1CNC(C)c1ccc(N(C)C)cc1. The molecule has 0 amide bonds. The molecule has 0 aliphatic rings. The third-order valence-corrected chi connectivity index (χ3v) is 3.70. The third-order valence-electron chi connectivity index (χ3n) is 3.70. The minimum absolute atomic E-state index is 0.297. The average Bonchev–Trinajstić information content (AvgIpc) is 2.52. The molecule has 0 aliphatic heterocycles. The Balaban J connectivity index is 1.99. The summed E-state index contributed by atoms with van der Waals surface area (Å²) in [4.78, 5) is 2.11. The van der Waals surface area contributed by atoms with Crippen molar-refractivity contribution in [2.45, 2.75) is 19.5 Å². The topological polar surface area (TPSA) is 24.5 Å². The summed E-state index contributed by atoms with van der Waals surface area (Å²) in [6.45, 7) is 2.97. The van der Waals surface area contributed by atoms with E-state index in [1.165, 1.54) is 16.8 Å². The maximum atomic E-state index is 5.38. The molecule has 0 spiro atoms. The van der Waals surface area contributed by atoms with Crippen molar-refractivity contribution in [2.75, 3.05) is 26.1 Å². The minimum atomic E-state index is 0.297. The Kier molecular flexibility index (Phi) is 5.23. The predicted molar refractivity (Wildman–Crippen MR) is 89.0 cm³/mol. The zero-order valence-electron chi connectivity index (χ0n) is 13.3. The van der Waals surface area contributed by atoms with Crippen molar-refractivity contribution in [3.05, 3.63) is 59.7 Å². The monoisotopic (exact) mass is 284 g/mol. The third kappa shape index (κ3) is 3.99. The van der Waals surface area contributed by atoms with E-state index in [9.17, 15) is 0 Å². The molecular weight excluding hydrogens is 260 g/mol. The number of methoxy groups -OCH3 is 1. The number of ether oxygens (including phenoxy) is 1. The van der Waals surface area contributed by atoms with Gasteiger partial charge in [0.1, 0.15) is 5.75 Å². The Hall–Kier alpha value is -2.00. The van der Waals surface area contributed by atoms with E-state index in [0.717, 1.165) is 12.3 Å². The zero-order chi connectivity index (χ0) is 15.2. The van der Waals surface area contributed by atoms with Crippen LogP contribution in [0.2, 0.25) is 0 Å². The number of para-hydroxylation sites is 1. The first kappa shape index (κ1) is 15.4. The van der Waals surface area contributed by atoms with Gasteiger partial charge in [-0.05, 0) is 30.7 Å². The van der Waals surface area contributed by atoms with Gasteiger partial charge < -0.3 is 15.0 Å². The largest absolute Gasteiger partial charge is 0.496 e. The molecule has 2 aromatic carbocycles. The summed E-state index contributed by atoms with van der Waals surface area (Å²) in [5.74, 6) is 0.931. The van der Waals surface area contributed by atoms with Gasteiger partial charge in [0.25, 0.3) is 0 Å². The van der Waals surface area contributed by atoms with Crippen LogP contribution in [0.1, 0.15) is 24.1 Å². The molecule has 3 heteroatoms. The van der Waals surface area contributed by atoms with Crippen LogP contribution in [0.4, 0.5) is 5.69 Å². The second kappa shape index (κ2) is 7.14. The second-order valence-corrected chi connectivity index (χ2v) is 5.40. The molecule has 2 rings (SSSR count). The summed E-state index contributed by atoms with van der Waals surface area (Å²) in [5.41, 5.74) is 3.68. The number of hydrogen-bond donors (Lipinski definition) is 1. The summed E-state index contributed by atoms with van der Waals surface area (Å²) in [5, 5.41) is 3.54. The molecule has 21 heavy (non-hydrogen) atoms. The molecule has 1 unspecified atom stereocenters. The van der Waals surface area contributed by atoms with E-state index in [0.29, 0.717) is 6.04 Å². The van der Waals surface area contributed by atoms with Gasteiger partial charge in [-0.15, -0.1) is 0 Å². The maximum Gasteiger partial charge on any atom is 0.123 e. The van der Waals surface area contributed by atoms with E-state index in [4.69, 9.17) is 4.74 Å². The highest BCUT2D eigenvalue weighted by Gasteiger charge is 2.07. The summed E-state index contributed by atoms with van der Waals surface area (Å²) in [7, 11) is 5.82. The molecule has 0 radical (unpaired) electrons. The summed E-state index contributed by atoms with van der Waals surface area (Å²) in [6.07, 6.45) is 0. The first-order valence-electron chi connectivity index (χ1n) is 7.24. The maximum absolute atomic E-state index is 5.38. The minimum Gasteiger partial charge on any atom is -0.496 e. The summed E-state index contributed by atoms with van der Waals surface area (Å²) < 4.78 is 5.38. The Morgan fingerprint density at radius 1 is 1.05 bits per heavy atom. The van der Waals surface area contributed by atoms with Gasteiger partial charge in [0.05, 0.1) is 7.11 Å². The molecule has 0 aliphatic carbocycles. The second-order valence-electron chi connectivity index (χ2n) is 5.40. The van der Waals surface area contributed by atoms with Gasteiger partial charge in [0.2, 0.25) is 0 Å². The van der Waals surface area contributed by atoms with E-state index in [1.807, 2.05) is 18.2 Å². The van der Waals surface area contributed by atoms with E-state index in [2.05, 4.69) is 61.6 Å². The van der Waals surface area contributed by atoms with Crippen LogP contribution in [-0.2, 0) is 6.54 Å². The van der Waals surface area contributed by atoms with Crippen LogP contribution in [0.3, 0.4) is 0 Å². The van der Waals surface area contributed by atoms with Crippen molar-refractivity contribution in [1.29, 1.82) is 0 Å². The van der Waals surface area contributed by atoms with Gasteiger partial charge in [-0.2, -0.15) is 0 Å². The lowest BCUT2D eigenvalue weighted by molar-refractivity contribution is 0.406. The van der Waals surface area contributed by atoms with Crippen LogP contribution in [0.25, 0.3) is 0 Å². The van der Waals surface area contributed by atoms with E-state index in [-0.39, 0.29) is 0 Å². The lowest BCUT2D eigenvalue weighted by Gasteiger charge is -2.18. The molecule has 2 aromatic rings. The highest BCUT2D eigenvalue weighted by Crippen LogP contribution is 2.20. The summed E-state index contributed by atoms with van der Waals surface area (Å²) >= 11 is 0. The van der Waals surface area contributed by atoms with Crippen LogP contribution in [-0.4, -0.2) is 21.2 Å². The van der Waals surface area contributed by atoms with E-state index in [1.54, 1.807) is 7.11 Å². The van der Waals surface area contributed by atoms with Crippen LogP contribution in [0.15, 0.2) is 48.5 Å². The van der Waals surface area contributed by atoms with Crippen LogP contribution >= 0.6 is 0 Å². The lowest BCUT2D eigenvalue weighted by Crippen LogP contribution is -2.18. The Morgan fingerprint density at radius 3 is 2.33 bits per heavy atom. The molecule has 112 valence electrons. The number of anilines is 1. The zero-order valence-corrected chi connectivity index (χ0v) is 13.3. The highest BCUT2D eigenvalue weighted by atomic mass is 16.5. The molecular formula is C18H24N2O. The molecule has 0 aromatic heterocycles. The van der Waals surface area contributed by atoms with Crippen molar-refractivity contribution in [2.24, 2.45) is 0 Å². The Labute approximate surface area is 127 Å². The van der Waals surface area contributed by atoms with Gasteiger partial charge in [0, 0.05) is 37.9 Å². The molecule has 0 saturated carbocycles. The predicted octanol–water partition coefficient (Wildman–Crippen LogP) is 3.61. The number of benzene rings is 2. The fraction of sp³-hybridized carbons (Fsp3) is 0.333. The molecule has 0 bridgehead atoms. The first-order valence-corrected chi connectivity index (χ1v) is 7.24. The highest BCUT2D eigenvalue weighted by molar-refractivity contribution is 5.46. The molecule has 0 saturated heterocycles. The van der Waals surface area contributed by atoms with Crippen molar-refractivity contribution < 1.29 is 4.74 Å². The fourth-order valence-corrected chi connectivity index (χ4v) is 2.29. The fourth-order valence-electron chi connectivity index (χ4n) is 2.29. The van der Waals surface area contributed by atoms with Crippen molar-refractivity contribution in [3.8, 4) is 5.75 Å². The Morgan fingerprint density at radius 2 is 1.71 bits per heavy atom. The van der Waals surface area contributed by atoms with Gasteiger partial charge in [-0.25, -0.2) is 0 Å². The average molecular weight is 284 g/mol. The quantitative estimate of drug-likeness (QED) is 0.877. The first-order chi connectivity index (χ1) is 10.1. The van der Waals surface area contributed by atoms with Crippen LogP contribution in [0.5, 0.6) is 5.75 Å². The van der Waals surface area contributed by atoms with E-state index >= 15 is 0 Å². The van der Waals surface area contributed by atoms with Gasteiger partial charge in [0.15, 0.2) is 0 Å². The molecule has 1 N–H and O–H groups in total. The molecule has 1 atom stereocenters. The van der Waals surface area contributed by atoms with Crippen molar-refractivity contribution in [1.82, 2.24) is 5.32 Å². The van der Waals surface area contributed by atoms with E-state index < -0.39 is 0 Å². The molecule has 0 fully saturated rings. The van der Waals surface area contributed by atoms with Crippen LogP contribution < -0.4 is 15.0 Å². The Bertz CT molecular complexity index is 564. The number of hydrogen-bond acceptors (Lipinski definition) is 3.